The number of benzene rings is 1. The maximum atomic E-state index is 12.6. The molecule has 3 atom stereocenters. The van der Waals surface area contributed by atoms with E-state index in [9.17, 15) is 24.3 Å². The summed E-state index contributed by atoms with van der Waals surface area (Å²) in [6, 6.07) is 5.34. The van der Waals surface area contributed by atoms with E-state index in [4.69, 9.17) is 10.8 Å². The smallest absolute Gasteiger partial charge is 0.326 e. The van der Waals surface area contributed by atoms with Crippen LogP contribution in [0.25, 0.3) is 0 Å². The van der Waals surface area contributed by atoms with Crippen LogP contribution < -0.4 is 16.4 Å². The molecule has 1 aromatic rings. The molecule has 0 aliphatic heterocycles. The molecule has 6 N–H and O–H groups in total. The van der Waals surface area contributed by atoms with Crippen molar-refractivity contribution in [1.82, 2.24) is 10.6 Å². The van der Waals surface area contributed by atoms with E-state index in [0.717, 1.165) is 5.56 Å². The molecule has 154 valence electrons. The largest absolute Gasteiger partial charge is 0.481 e. The Hall–Kier alpha value is -2.59. The number of nitrogens with two attached hydrogens (primary N) is 1. The molecule has 0 aliphatic carbocycles. The van der Waals surface area contributed by atoms with Gasteiger partial charge in [-0.15, -0.1) is 0 Å². The molecule has 0 spiro atoms. The van der Waals surface area contributed by atoms with Crippen molar-refractivity contribution >= 4 is 35.5 Å². The lowest BCUT2D eigenvalue weighted by Crippen LogP contribution is -2.55. The average Bonchev–Trinajstić information content (AvgIpc) is 2.64. The fraction of sp³-hybridized carbons (Fsp3) is 0.444. The second kappa shape index (κ2) is 12.0. The molecular formula is C18H25N3O6S. The Kier molecular flexibility index (Phi) is 10.0. The summed E-state index contributed by atoms with van der Waals surface area (Å²) < 4.78 is 0. The Labute approximate surface area is 167 Å². The Balaban J connectivity index is 2.81. The molecule has 0 saturated carbocycles. The van der Waals surface area contributed by atoms with Crippen LogP contribution in [0.15, 0.2) is 30.3 Å². The van der Waals surface area contributed by atoms with Crippen molar-refractivity contribution in [3.05, 3.63) is 35.9 Å². The van der Waals surface area contributed by atoms with E-state index in [1.807, 2.05) is 6.26 Å². The van der Waals surface area contributed by atoms with Crippen molar-refractivity contribution in [3.63, 3.8) is 0 Å². The van der Waals surface area contributed by atoms with Crippen LogP contribution in [-0.2, 0) is 25.6 Å². The number of amides is 2. The van der Waals surface area contributed by atoms with Crippen LogP contribution in [0.5, 0.6) is 0 Å². The number of hydrogen-bond acceptors (Lipinski definition) is 6. The van der Waals surface area contributed by atoms with Gasteiger partial charge in [-0.1, -0.05) is 30.3 Å². The summed E-state index contributed by atoms with van der Waals surface area (Å²) in [5.41, 5.74) is 6.26. The molecule has 10 heteroatoms. The van der Waals surface area contributed by atoms with Gasteiger partial charge in [0.15, 0.2) is 0 Å². The molecule has 2 amide bonds. The zero-order valence-electron chi connectivity index (χ0n) is 15.5. The fourth-order valence-corrected chi connectivity index (χ4v) is 2.86. The molecule has 0 aliphatic rings. The molecular weight excluding hydrogens is 386 g/mol. The van der Waals surface area contributed by atoms with Crippen LogP contribution in [0.4, 0.5) is 0 Å². The maximum Gasteiger partial charge on any atom is 0.326 e. The molecule has 0 aromatic heterocycles. The standard InChI is InChI=1S/C18H25N3O6S/c1-28-8-7-13(20-16(24)12(19)10-15(22)23)17(25)21-14(18(26)27)9-11-5-3-2-4-6-11/h2-6,12-14H,7-10,19H2,1H3,(H,20,24)(H,21,25)(H,22,23)(H,26,27)/t12-,13-,14-/m0/s1. The zero-order chi connectivity index (χ0) is 21.1. The van der Waals surface area contributed by atoms with E-state index in [-0.39, 0.29) is 12.8 Å². The summed E-state index contributed by atoms with van der Waals surface area (Å²) >= 11 is 1.45. The van der Waals surface area contributed by atoms with Gasteiger partial charge in [0, 0.05) is 6.42 Å². The number of carboxylic acid groups (broad SMARTS) is 2. The minimum Gasteiger partial charge on any atom is -0.481 e. The van der Waals surface area contributed by atoms with Crippen molar-refractivity contribution in [2.24, 2.45) is 5.73 Å². The predicted octanol–water partition coefficient (Wildman–Crippen LogP) is -0.162. The van der Waals surface area contributed by atoms with E-state index in [1.165, 1.54) is 11.8 Å². The lowest BCUT2D eigenvalue weighted by molar-refractivity contribution is -0.142. The first-order chi connectivity index (χ1) is 13.2. The molecule has 9 nitrogen and oxygen atoms in total. The van der Waals surface area contributed by atoms with Gasteiger partial charge in [-0.25, -0.2) is 4.79 Å². The highest BCUT2D eigenvalue weighted by atomic mass is 32.2. The van der Waals surface area contributed by atoms with Gasteiger partial charge < -0.3 is 26.6 Å². The SMILES string of the molecule is CSCC[C@H](NC(=O)[C@@H](N)CC(=O)O)C(=O)N[C@@H](Cc1ccccc1)C(=O)O. The van der Waals surface area contributed by atoms with E-state index < -0.39 is 48.3 Å². The average molecular weight is 411 g/mol. The first kappa shape index (κ1) is 23.4. The van der Waals surface area contributed by atoms with Crippen molar-refractivity contribution in [1.29, 1.82) is 0 Å². The van der Waals surface area contributed by atoms with Gasteiger partial charge in [0.05, 0.1) is 12.5 Å². The Morgan fingerprint density at radius 3 is 2.18 bits per heavy atom. The highest BCUT2D eigenvalue weighted by molar-refractivity contribution is 7.98. The van der Waals surface area contributed by atoms with Gasteiger partial charge in [0.2, 0.25) is 11.8 Å². The fourth-order valence-electron chi connectivity index (χ4n) is 2.39. The van der Waals surface area contributed by atoms with Crippen LogP contribution in [-0.4, -0.2) is 64.1 Å². The summed E-state index contributed by atoms with van der Waals surface area (Å²) in [6.07, 6.45) is 1.58. The first-order valence-electron chi connectivity index (χ1n) is 8.58. The van der Waals surface area contributed by atoms with Crippen molar-refractivity contribution in [3.8, 4) is 0 Å². The molecule has 1 aromatic carbocycles. The molecule has 0 fully saturated rings. The highest BCUT2D eigenvalue weighted by Gasteiger charge is 2.28. The number of aliphatic carboxylic acids is 2. The third-order valence-electron chi connectivity index (χ3n) is 3.87. The first-order valence-corrected chi connectivity index (χ1v) is 9.97. The van der Waals surface area contributed by atoms with E-state index in [0.29, 0.717) is 5.75 Å². The van der Waals surface area contributed by atoms with Crippen molar-refractivity contribution in [2.45, 2.75) is 37.4 Å². The molecule has 0 unspecified atom stereocenters. The predicted molar refractivity (Wildman–Crippen MR) is 105 cm³/mol. The van der Waals surface area contributed by atoms with Gasteiger partial charge in [0.1, 0.15) is 12.1 Å². The van der Waals surface area contributed by atoms with Crippen LogP contribution in [0.1, 0.15) is 18.4 Å². The van der Waals surface area contributed by atoms with E-state index in [2.05, 4.69) is 10.6 Å². The van der Waals surface area contributed by atoms with Gasteiger partial charge in [-0.2, -0.15) is 11.8 Å². The second-order valence-corrected chi connectivity index (χ2v) is 7.12. The number of carbonyl (C=O) groups is 4. The van der Waals surface area contributed by atoms with E-state index in [1.54, 1.807) is 30.3 Å². The van der Waals surface area contributed by atoms with Gasteiger partial charge in [-0.05, 0) is 24.0 Å². The van der Waals surface area contributed by atoms with E-state index >= 15 is 0 Å². The molecule has 0 heterocycles. The summed E-state index contributed by atoms with van der Waals surface area (Å²) in [4.78, 5) is 46.9. The monoisotopic (exact) mass is 411 g/mol. The van der Waals surface area contributed by atoms with Gasteiger partial charge in [0.25, 0.3) is 0 Å². The number of thioether (sulfide) groups is 1. The Morgan fingerprint density at radius 1 is 1.04 bits per heavy atom. The minimum atomic E-state index is -1.30. The topological polar surface area (TPSA) is 159 Å². The molecule has 0 bridgehead atoms. The number of carboxylic acids is 2. The van der Waals surface area contributed by atoms with Crippen LogP contribution >= 0.6 is 11.8 Å². The molecule has 0 radical (unpaired) electrons. The summed E-state index contributed by atoms with van der Waals surface area (Å²) in [5.74, 6) is -3.34. The number of nitrogens with one attached hydrogen (secondary N) is 2. The second-order valence-electron chi connectivity index (χ2n) is 6.14. The minimum absolute atomic E-state index is 0.0869. The van der Waals surface area contributed by atoms with Crippen LogP contribution in [0, 0.1) is 0 Å². The van der Waals surface area contributed by atoms with Gasteiger partial charge >= 0.3 is 11.9 Å². The molecule has 0 saturated heterocycles. The number of hydrogen-bond donors (Lipinski definition) is 5. The number of carbonyl (C=O) groups excluding carboxylic acids is 2. The lowest BCUT2D eigenvalue weighted by Gasteiger charge is -2.22. The van der Waals surface area contributed by atoms with Gasteiger partial charge in [-0.3, -0.25) is 14.4 Å². The summed E-state index contributed by atoms with van der Waals surface area (Å²) in [7, 11) is 0. The van der Waals surface area contributed by atoms with Crippen molar-refractivity contribution in [2.75, 3.05) is 12.0 Å². The highest BCUT2D eigenvalue weighted by Crippen LogP contribution is 2.06. The van der Waals surface area contributed by atoms with Crippen molar-refractivity contribution < 1.29 is 29.4 Å². The van der Waals surface area contributed by atoms with Crippen LogP contribution in [0.2, 0.25) is 0 Å². The number of rotatable bonds is 12. The molecule has 1 rings (SSSR count). The molecule has 28 heavy (non-hydrogen) atoms. The third-order valence-corrected chi connectivity index (χ3v) is 4.52. The Morgan fingerprint density at radius 2 is 1.64 bits per heavy atom. The third kappa shape index (κ3) is 8.40. The Bertz CT molecular complexity index is 685. The summed E-state index contributed by atoms with van der Waals surface area (Å²) in [5, 5.41) is 23.0. The quantitative estimate of drug-likeness (QED) is 0.317. The normalized spacial score (nSPS) is 13.8. The lowest BCUT2D eigenvalue weighted by atomic mass is 10.1. The zero-order valence-corrected chi connectivity index (χ0v) is 16.3. The maximum absolute atomic E-state index is 12.6. The van der Waals surface area contributed by atoms with Crippen LogP contribution in [0.3, 0.4) is 0 Å². The summed E-state index contributed by atoms with van der Waals surface area (Å²) in [6.45, 7) is 0.